The molecule has 2 heterocycles. The summed E-state index contributed by atoms with van der Waals surface area (Å²) < 4.78 is 7.31. The Morgan fingerprint density at radius 3 is 2.48 bits per heavy atom. The molecule has 0 radical (unpaired) electrons. The smallest absolute Gasteiger partial charge is 0.356 e. The van der Waals surface area contributed by atoms with Crippen LogP contribution < -0.4 is 0 Å². The highest BCUT2D eigenvalue weighted by molar-refractivity contribution is 6.30. The van der Waals surface area contributed by atoms with Gasteiger partial charge < -0.3 is 9.52 Å². The fourth-order valence-electron chi connectivity index (χ4n) is 2.54. The van der Waals surface area contributed by atoms with Gasteiger partial charge in [-0.3, -0.25) is 0 Å². The number of rotatable bonds is 4. The molecule has 0 spiro atoms. The summed E-state index contributed by atoms with van der Waals surface area (Å²) in [5.74, 6) is 0.288. The number of carboxylic acids is 1. The van der Waals surface area contributed by atoms with Crippen LogP contribution in [0.5, 0.6) is 0 Å². The number of hydrogen-bond acceptors (Lipinski definition) is 3. The minimum absolute atomic E-state index is 0.0338. The number of carboxylic acid groups (broad SMARTS) is 1. The molecule has 23 heavy (non-hydrogen) atoms. The molecule has 0 amide bonds. The SMILES string of the molecule is CCc1c(C(=O)O)nn(-c2ccc(Cl)cc2)c1-c1ccc(C)o1. The van der Waals surface area contributed by atoms with Crippen molar-refractivity contribution >= 4 is 17.6 Å². The predicted molar refractivity (Wildman–Crippen MR) is 87.4 cm³/mol. The van der Waals surface area contributed by atoms with Crippen molar-refractivity contribution in [3.8, 4) is 17.1 Å². The molecule has 1 N–H and O–H groups in total. The number of furan rings is 1. The summed E-state index contributed by atoms with van der Waals surface area (Å²) >= 11 is 5.93. The van der Waals surface area contributed by atoms with Crippen LogP contribution in [0.25, 0.3) is 17.1 Å². The second-order valence-corrected chi connectivity index (χ2v) is 5.57. The first-order valence-electron chi connectivity index (χ1n) is 7.19. The quantitative estimate of drug-likeness (QED) is 0.772. The van der Waals surface area contributed by atoms with Crippen LogP contribution in [0.2, 0.25) is 5.02 Å². The van der Waals surface area contributed by atoms with E-state index in [1.54, 1.807) is 28.9 Å². The summed E-state index contributed by atoms with van der Waals surface area (Å²) in [5, 5.41) is 14.3. The van der Waals surface area contributed by atoms with E-state index in [0.29, 0.717) is 28.5 Å². The molecule has 0 aliphatic rings. The Morgan fingerprint density at radius 2 is 1.96 bits per heavy atom. The largest absolute Gasteiger partial charge is 0.476 e. The minimum atomic E-state index is -1.06. The van der Waals surface area contributed by atoms with Gasteiger partial charge in [0.1, 0.15) is 11.5 Å². The average molecular weight is 331 g/mol. The highest BCUT2D eigenvalue weighted by Crippen LogP contribution is 2.31. The Morgan fingerprint density at radius 1 is 1.26 bits per heavy atom. The second kappa shape index (κ2) is 5.93. The monoisotopic (exact) mass is 330 g/mol. The van der Waals surface area contributed by atoms with Crippen molar-refractivity contribution in [2.45, 2.75) is 20.3 Å². The van der Waals surface area contributed by atoms with Crippen molar-refractivity contribution in [3.05, 3.63) is 58.4 Å². The third-order valence-corrected chi connectivity index (χ3v) is 3.84. The molecule has 5 nitrogen and oxygen atoms in total. The maximum absolute atomic E-state index is 11.5. The van der Waals surface area contributed by atoms with Crippen LogP contribution in [-0.4, -0.2) is 20.9 Å². The Kier molecular flexibility index (Phi) is 3.96. The molecular formula is C17H15ClN2O3. The molecule has 0 aliphatic heterocycles. The van der Waals surface area contributed by atoms with Crippen LogP contribution in [0, 0.1) is 6.92 Å². The number of benzene rings is 1. The van der Waals surface area contributed by atoms with Crippen molar-refractivity contribution < 1.29 is 14.3 Å². The molecule has 0 bridgehead atoms. The number of nitrogens with zero attached hydrogens (tertiary/aromatic N) is 2. The van der Waals surface area contributed by atoms with Gasteiger partial charge in [-0.15, -0.1) is 0 Å². The predicted octanol–water partition coefficient (Wildman–Crippen LogP) is 4.35. The van der Waals surface area contributed by atoms with Gasteiger partial charge in [0.25, 0.3) is 0 Å². The fourth-order valence-corrected chi connectivity index (χ4v) is 2.67. The lowest BCUT2D eigenvalue weighted by molar-refractivity contribution is 0.0689. The van der Waals surface area contributed by atoms with Crippen LogP contribution in [0.15, 0.2) is 40.8 Å². The lowest BCUT2D eigenvalue weighted by Crippen LogP contribution is -2.02. The molecule has 0 saturated heterocycles. The lowest BCUT2D eigenvalue weighted by atomic mass is 10.1. The molecule has 6 heteroatoms. The van der Waals surface area contributed by atoms with Crippen molar-refractivity contribution in [1.82, 2.24) is 9.78 Å². The molecular weight excluding hydrogens is 316 g/mol. The molecule has 2 aromatic heterocycles. The lowest BCUT2D eigenvalue weighted by Gasteiger charge is -2.07. The molecule has 0 fully saturated rings. The normalized spacial score (nSPS) is 10.9. The zero-order valence-electron chi connectivity index (χ0n) is 12.7. The van der Waals surface area contributed by atoms with Gasteiger partial charge in [0.15, 0.2) is 11.5 Å². The summed E-state index contributed by atoms with van der Waals surface area (Å²) in [6, 6.07) is 10.7. The van der Waals surface area contributed by atoms with Gasteiger partial charge in [-0.1, -0.05) is 18.5 Å². The highest BCUT2D eigenvalue weighted by atomic mass is 35.5. The second-order valence-electron chi connectivity index (χ2n) is 5.13. The van der Waals surface area contributed by atoms with Crippen molar-refractivity contribution in [2.24, 2.45) is 0 Å². The van der Waals surface area contributed by atoms with Gasteiger partial charge in [0.05, 0.1) is 5.69 Å². The Balaban J connectivity index is 2.29. The zero-order valence-corrected chi connectivity index (χ0v) is 13.5. The number of aryl methyl sites for hydroxylation is 1. The number of aromatic carboxylic acids is 1. The van der Waals surface area contributed by atoms with E-state index in [9.17, 15) is 9.90 Å². The van der Waals surface area contributed by atoms with Crippen molar-refractivity contribution in [1.29, 1.82) is 0 Å². The van der Waals surface area contributed by atoms with Gasteiger partial charge in [0.2, 0.25) is 0 Å². The van der Waals surface area contributed by atoms with Crippen LogP contribution in [-0.2, 0) is 6.42 Å². The van der Waals surface area contributed by atoms with E-state index in [0.717, 1.165) is 11.4 Å². The average Bonchev–Trinajstić information content (AvgIpc) is 3.11. The van der Waals surface area contributed by atoms with Crippen molar-refractivity contribution in [2.75, 3.05) is 0 Å². The van der Waals surface area contributed by atoms with E-state index < -0.39 is 5.97 Å². The van der Waals surface area contributed by atoms with Gasteiger partial charge in [-0.05, 0) is 49.7 Å². The first-order valence-corrected chi connectivity index (χ1v) is 7.57. The summed E-state index contributed by atoms with van der Waals surface area (Å²) in [5.41, 5.74) is 2.05. The van der Waals surface area contributed by atoms with Crippen molar-refractivity contribution in [3.63, 3.8) is 0 Å². The van der Waals surface area contributed by atoms with E-state index in [-0.39, 0.29) is 5.69 Å². The summed E-state index contributed by atoms with van der Waals surface area (Å²) in [4.78, 5) is 11.5. The fraction of sp³-hybridized carbons (Fsp3) is 0.176. The topological polar surface area (TPSA) is 68.3 Å². The third-order valence-electron chi connectivity index (χ3n) is 3.58. The van der Waals surface area contributed by atoms with Gasteiger partial charge in [0, 0.05) is 10.6 Å². The first-order chi connectivity index (χ1) is 11.0. The molecule has 0 saturated carbocycles. The Hall–Kier alpha value is -2.53. The highest BCUT2D eigenvalue weighted by Gasteiger charge is 2.25. The number of carbonyl (C=O) groups is 1. The minimum Gasteiger partial charge on any atom is -0.476 e. The first kappa shape index (κ1) is 15.4. The van der Waals surface area contributed by atoms with E-state index in [1.807, 2.05) is 26.0 Å². The zero-order chi connectivity index (χ0) is 16.6. The number of halogens is 1. The molecule has 0 atom stereocenters. The van der Waals surface area contributed by atoms with Crippen LogP contribution in [0.3, 0.4) is 0 Å². The van der Waals surface area contributed by atoms with E-state index >= 15 is 0 Å². The van der Waals surface area contributed by atoms with E-state index in [2.05, 4.69) is 5.10 Å². The molecule has 3 rings (SSSR count). The summed E-state index contributed by atoms with van der Waals surface area (Å²) in [6.07, 6.45) is 0.532. The van der Waals surface area contributed by atoms with Gasteiger partial charge in [-0.2, -0.15) is 5.10 Å². The maximum Gasteiger partial charge on any atom is 0.356 e. The molecule has 0 unspecified atom stereocenters. The van der Waals surface area contributed by atoms with Crippen LogP contribution in [0.1, 0.15) is 28.7 Å². The molecule has 1 aromatic carbocycles. The Labute approximate surface area is 138 Å². The third kappa shape index (κ3) is 2.75. The standard InChI is InChI=1S/C17H15ClN2O3/c1-3-13-15(17(21)22)19-20(12-7-5-11(18)6-8-12)16(13)14-9-4-10(2)23-14/h4-9H,3H2,1-2H3,(H,21,22). The number of hydrogen-bond donors (Lipinski definition) is 1. The molecule has 3 aromatic rings. The van der Waals surface area contributed by atoms with Crippen LogP contribution >= 0.6 is 11.6 Å². The van der Waals surface area contributed by atoms with E-state index in [1.165, 1.54) is 0 Å². The molecule has 0 aliphatic carbocycles. The molecule has 118 valence electrons. The van der Waals surface area contributed by atoms with E-state index in [4.69, 9.17) is 16.0 Å². The summed E-state index contributed by atoms with van der Waals surface area (Å²) in [7, 11) is 0. The van der Waals surface area contributed by atoms with Crippen LogP contribution in [0.4, 0.5) is 0 Å². The van der Waals surface area contributed by atoms with Gasteiger partial charge in [-0.25, -0.2) is 9.48 Å². The van der Waals surface area contributed by atoms with Gasteiger partial charge >= 0.3 is 5.97 Å². The summed E-state index contributed by atoms with van der Waals surface area (Å²) in [6.45, 7) is 3.74. The Bertz CT molecular complexity index is 863. The maximum atomic E-state index is 11.5. The number of aromatic nitrogens is 2.